The molecule has 0 saturated heterocycles. The number of aromatic nitrogens is 2. The zero-order valence-electron chi connectivity index (χ0n) is 11.9. The van der Waals surface area contributed by atoms with Crippen LogP contribution in [0.15, 0.2) is 53.3 Å². The van der Waals surface area contributed by atoms with Gasteiger partial charge < -0.3 is 5.32 Å². The molecule has 4 nitrogen and oxygen atoms in total. The van der Waals surface area contributed by atoms with Crippen LogP contribution in [-0.2, 0) is 16.6 Å². The summed E-state index contributed by atoms with van der Waals surface area (Å²) in [7, 11) is -0.856. The molecule has 3 aromatic rings. The fourth-order valence-electron chi connectivity index (χ4n) is 2.24. The van der Waals surface area contributed by atoms with Gasteiger partial charge >= 0.3 is 0 Å². The van der Waals surface area contributed by atoms with Crippen LogP contribution in [0.4, 0.5) is 11.5 Å². The number of hydrogen-bond donors (Lipinski definition) is 1. The van der Waals surface area contributed by atoms with Gasteiger partial charge in [-0.05, 0) is 35.9 Å². The Morgan fingerprint density at radius 2 is 2.05 bits per heavy atom. The van der Waals surface area contributed by atoms with Crippen LogP contribution >= 0.6 is 15.9 Å². The molecule has 2 aromatic carbocycles. The summed E-state index contributed by atoms with van der Waals surface area (Å²) in [6, 6.07) is 13.8. The first-order valence-electron chi connectivity index (χ1n) is 6.68. The van der Waals surface area contributed by atoms with Crippen LogP contribution in [0.5, 0.6) is 0 Å². The molecule has 0 aliphatic heterocycles. The van der Waals surface area contributed by atoms with Gasteiger partial charge in [-0.1, -0.05) is 28.1 Å². The molecule has 22 heavy (non-hydrogen) atoms. The first-order chi connectivity index (χ1) is 10.6. The van der Waals surface area contributed by atoms with Crippen molar-refractivity contribution in [2.45, 2.75) is 5.75 Å². The minimum Gasteiger partial charge on any atom is -0.340 e. The summed E-state index contributed by atoms with van der Waals surface area (Å²) < 4.78 is 12.3. The third-order valence-electron chi connectivity index (χ3n) is 3.16. The average molecular weight is 376 g/mol. The van der Waals surface area contributed by atoms with Crippen LogP contribution in [0.2, 0.25) is 0 Å². The molecule has 0 fully saturated rings. The highest BCUT2D eigenvalue weighted by Gasteiger charge is 2.05. The lowest BCUT2D eigenvalue weighted by Crippen LogP contribution is -1.98. The average Bonchev–Trinajstić information content (AvgIpc) is 2.47. The smallest absolute Gasteiger partial charge is 0.141 e. The number of fused-ring (bicyclic) bond motifs is 1. The van der Waals surface area contributed by atoms with E-state index in [4.69, 9.17) is 0 Å². The van der Waals surface area contributed by atoms with E-state index >= 15 is 0 Å². The van der Waals surface area contributed by atoms with Gasteiger partial charge in [-0.15, -0.1) is 0 Å². The molecule has 1 unspecified atom stereocenters. The summed E-state index contributed by atoms with van der Waals surface area (Å²) in [4.78, 5) is 8.60. The molecule has 112 valence electrons. The minimum absolute atomic E-state index is 0.547. The lowest BCUT2D eigenvalue weighted by atomic mass is 10.2. The second kappa shape index (κ2) is 6.54. The largest absolute Gasteiger partial charge is 0.340 e. The second-order valence-electron chi connectivity index (χ2n) is 4.93. The maximum Gasteiger partial charge on any atom is 0.141 e. The van der Waals surface area contributed by atoms with Crippen molar-refractivity contribution in [3.8, 4) is 0 Å². The van der Waals surface area contributed by atoms with Gasteiger partial charge in [-0.3, -0.25) is 4.21 Å². The standard InChI is InChI=1S/C16H14BrN3OS/c1-22(21)9-11-3-2-4-13(7-11)20-16-14-8-12(17)5-6-15(14)18-10-19-16/h2-8,10H,9H2,1H3,(H,18,19,20). The van der Waals surface area contributed by atoms with Crippen molar-refractivity contribution in [3.63, 3.8) is 0 Å². The highest BCUT2D eigenvalue weighted by molar-refractivity contribution is 9.10. The van der Waals surface area contributed by atoms with E-state index in [9.17, 15) is 4.21 Å². The molecule has 0 saturated carbocycles. The molecule has 3 rings (SSSR count). The maximum atomic E-state index is 11.4. The number of anilines is 2. The zero-order valence-corrected chi connectivity index (χ0v) is 14.3. The summed E-state index contributed by atoms with van der Waals surface area (Å²) in [6.07, 6.45) is 3.25. The van der Waals surface area contributed by atoms with E-state index in [2.05, 4.69) is 31.2 Å². The predicted molar refractivity (Wildman–Crippen MR) is 94.7 cm³/mol. The van der Waals surface area contributed by atoms with Crippen molar-refractivity contribution in [1.29, 1.82) is 0 Å². The number of halogens is 1. The Bertz CT molecular complexity index is 854. The number of nitrogens with one attached hydrogen (secondary N) is 1. The van der Waals surface area contributed by atoms with Crippen LogP contribution in [0.3, 0.4) is 0 Å². The van der Waals surface area contributed by atoms with E-state index in [1.807, 2.05) is 42.5 Å². The Labute approximate surface area is 139 Å². The molecule has 1 N–H and O–H groups in total. The SMILES string of the molecule is CS(=O)Cc1cccc(Nc2ncnc3ccc(Br)cc23)c1. The summed E-state index contributed by atoms with van der Waals surface area (Å²) in [5, 5.41) is 4.26. The third kappa shape index (κ3) is 3.51. The van der Waals surface area contributed by atoms with Gasteiger partial charge in [0.1, 0.15) is 12.1 Å². The van der Waals surface area contributed by atoms with Crippen LogP contribution in [0, 0.1) is 0 Å². The fourth-order valence-corrected chi connectivity index (χ4v) is 3.25. The lowest BCUT2D eigenvalue weighted by Gasteiger charge is -2.09. The molecular formula is C16H14BrN3OS. The summed E-state index contributed by atoms with van der Waals surface area (Å²) in [5.74, 6) is 1.30. The van der Waals surface area contributed by atoms with Gasteiger partial charge in [0.2, 0.25) is 0 Å². The molecule has 0 aliphatic rings. The number of nitrogens with zero attached hydrogens (tertiary/aromatic N) is 2. The first-order valence-corrected chi connectivity index (χ1v) is 9.20. The van der Waals surface area contributed by atoms with Gasteiger partial charge in [-0.25, -0.2) is 9.97 Å². The molecule has 6 heteroatoms. The Balaban J connectivity index is 1.96. The Hall–Kier alpha value is -1.79. The Kier molecular flexibility index (Phi) is 4.49. The van der Waals surface area contributed by atoms with Crippen molar-refractivity contribution in [1.82, 2.24) is 9.97 Å². The molecule has 1 aromatic heterocycles. The predicted octanol–water partition coefficient (Wildman–Crippen LogP) is 4.01. The number of benzene rings is 2. The van der Waals surface area contributed by atoms with Gasteiger partial charge in [0.05, 0.1) is 5.52 Å². The molecule has 0 radical (unpaired) electrons. The van der Waals surface area contributed by atoms with Gasteiger partial charge in [-0.2, -0.15) is 0 Å². The summed E-state index contributed by atoms with van der Waals surface area (Å²) in [6.45, 7) is 0. The van der Waals surface area contributed by atoms with E-state index in [1.54, 1.807) is 12.6 Å². The number of rotatable bonds is 4. The Morgan fingerprint density at radius 3 is 2.86 bits per heavy atom. The van der Waals surface area contributed by atoms with Crippen molar-refractivity contribution >= 4 is 49.1 Å². The molecule has 0 aliphatic carbocycles. The monoisotopic (exact) mass is 375 g/mol. The van der Waals surface area contributed by atoms with Crippen LogP contribution in [-0.4, -0.2) is 20.4 Å². The van der Waals surface area contributed by atoms with Crippen molar-refractivity contribution < 1.29 is 4.21 Å². The molecule has 1 heterocycles. The maximum absolute atomic E-state index is 11.4. The molecular weight excluding hydrogens is 362 g/mol. The molecule has 0 bridgehead atoms. The summed E-state index contributed by atoms with van der Waals surface area (Å²) in [5.41, 5.74) is 2.83. The van der Waals surface area contributed by atoms with Gasteiger partial charge in [0.25, 0.3) is 0 Å². The molecule has 1 atom stereocenters. The van der Waals surface area contributed by atoms with Crippen molar-refractivity contribution in [2.75, 3.05) is 11.6 Å². The number of hydrogen-bond acceptors (Lipinski definition) is 4. The second-order valence-corrected chi connectivity index (χ2v) is 7.28. The first kappa shape index (κ1) is 15.1. The van der Waals surface area contributed by atoms with Crippen molar-refractivity contribution in [3.05, 3.63) is 58.8 Å². The highest BCUT2D eigenvalue weighted by Crippen LogP contribution is 2.26. The third-order valence-corrected chi connectivity index (χ3v) is 4.39. The lowest BCUT2D eigenvalue weighted by molar-refractivity contribution is 0.686. The zero-order chi connectivity index (χ0) is 15.5. The minimum atomic E-state index is -0.856. The highest BCUT2D eigenvalue weighted by atomic mass is 79.9. The van der Waals surface area contributed by atoms with E-state index < -0.39 is 10.8 Å². The van der Waals surface area contributed by atoms with Gasteiger partial charge in [0, 0.05) is 38.4 Å². The van der Waals surface area contributed by atoms with Gasteiger partial charge in [0.15, 0.2) is 0 Å². The molecule has 0 spiro atoms. The van der Waals surface area contributed by atoms with E-state index in [0.717, 1.165) is 32.4 Å². The van der Waals surface area contributed by atoms with Crippen molar-refractivity contribution in [2.24, 2.45) is 0 Å². The van der Waals surface area contributed by atoms with Crippen LogP contribution in [0.1, 0.15) is 5.56 Å². The van der Waals surface area contributed by atoms with Crippen LogP contribution < -0.4 is 5.32 Å². The quantitative estimate of drug-likeness (QED) is 0.748. The van der Waals surface area contributed by atoms with Crippen LogP contribution in [0.25, 0.3) is 10.9 Å². The Morgan fingerprint density at radius 1 is 1.18 bits per heavy atom. The topological polar surface area (TPSA) is 54.9 Å². The van der Waals surface area contributed by atoms with E-state index in [-0.39, 0.29) is 0 Å². The normalized spacial score (nSPS) is 12.3. The van der Waals surface area contributed by atoms with E-state index in [1.165, 1.54) is 0 Å². The fraction of sp³-hybridized carbons (Fsp3) is 0.125. The van der Waals surface area contributed by atoms with E-state index in [0.29, 0.717) is 5.75 Å². The summed E-state index contributed by atoms with van der Waals surface area (Å²) >= 11 is 3.47. The molecule has 0 amide bonds.